The zero-order valence-electron chi connectivity index (χ0n) is 14.8. The Morgan fingerprint density at radius 2 is 2.07 bits per heavy atom. The van der Waals surface area contributed by atoms with Crippen LogP contribution in [0.25, 0.3) is 11.1 Å². The molecule has 1 aromatic carbocycles. The van der Waals surface area contributed by atoms with Crippen molar-refractivity contribution >= 4 is 5.91 Å². The lowest BCUT2D eigenvalue weighted by Gasteiger charge is -2.30. The number of ether oxygens (including phenoxy) is 2. The number of hydrogen-bond donors (Lipinski definition) is 1. The smallest absolute Gasteiger partial charge is 0.345 e. The van der Waals surface area contributed by atoms with Crippen LogP contribution >= 0.6 is 0 Å². The Labute approximate surface area is 154 Å². The number of aryl methyl sites for hydroxylation is 1. The Balaban J connectivity index is 2.05. The maximum atomic E-state index is 14.5. The van der Waals surface area contributed by atoms with Crippen molar-refractivity contribution in [3.8, 4) is 17.0 Å². The molecule has 5 nitrogen and oxygen atoms in total. The summed E-state index contributed by atoms with van der Waals surface area (Å²) in [5, 5.41) is 0. The van der Waals surface area contributed by atoms with Gasteiger partial charge in [-0.15, -0.1) is 0 Å². The molecule has 2 aromatic rings. The first-order chi connectivity index (χ1) is 12.8. The molecular formula is C19H19F3N2O3. The van der Waals surface area contributed by atoms with Crippen LogP contribution in [-0.2, 0) is 11.2 Å². The molecule has 0 saturated carbocycles. The van der Waals surface area contributed by atoms with E-state index in [2.05, 4.69) is 9.72 Å². The zero-order valence-corrected chi connectivity index (χ0v) is 14.8. The number of halogens is 3. The van der Waals surface area contributed by atoms with Crippen molar-refractivity contribution in [2.75, 3.05) is 0 Å². The largest absolute Gasteiger partial charge is 0.471 e. The molecule has 1 aliphatic heterocycles. The lowest BCUT2D eigenvalue weighted by Crippen LogP contribution is -2.36. The van der Waals surface area contributed by atoms with E-state index in [1.165, 1.54) is 19.1 Å². The van der Waals surface area contributed by atoms with Crippen LogP contribution in [0.1, 0.15) is 35.0 Å². The third kappa shape index (κ3) is 4.05. The number of nitrogens with zero attached hydrogens (tertiary/aromatic N) is 1. The van der Waals surface area contributed by atoms with Crippen molar-refractivity contribution in [3.63, 3.8) is 0 Å². The molecule has 2 heterocycles. The van der Waals surface area contributed by atoms with Crippen molar-refractivity contribution in [3.05, 3.63) is 46.9 Å². The molecule has 27 heavy (non-hydrogen) atoms. The summed E-state index contributed by atoms with van der Waals surface area (Å²) in [6, 6.07) is 6.18. The summed E-state index contributed by atoms with van der Waals surface area (Å²) in [5.74, 6) is -1.16. The fourth-order valence-electron chi connectivity index (χ4n) is 3.16. The Hall–Kier alpha value is -2.61. The van der Waals surface area contributed by atoms with E-state index in [4.69, 9.17) is 10.5 Å². The van der Waals surface area contributed by atoms with Crippen LogP contribution in [0.5, 0.6) is 5.88 Å². The normalized spacial score (nSPS) is 17.3. The van der Waals surface area contributed by atoms with E-state index in [0.29, 0.717) is 29.5 Å². The first-order valence-corrected chi connectivity index (χ1v) is 8.46. The highest BCUT2D eigenvalue weighted by atomic mass is 19.3. The van der Waals surface area contributed by atoms with Gasteiger partial charge in [0.25, 0.3) is 5.91 Å². The van der Waals surface area contributed by atoms with Gasteiger partial charge in [-0.1, -0.05) is 12.1 Å². The summed E-state index contributed by atoms with van der Waals surface area (Å²) >= 11 is 0. The fraction of sp³-hybridized carbons (Fsp3) is 0.368. The van der Waals surface area contributed by atoms with Gasteiger partial charge in [-0.05, 0) is 49.9 Å². The van der Waals surface area contributed by atoms with Crippen LogP contribution in [0.15, 0.2) is 24.3 Å². The average Bonchev–Trinajstić information content (AvgIpc) is 2.59. The topological polar surface area (TPSA) is 74.4 Å². The van der Waals surface area contributed by atoms with Gasteiger partial charge in [0.05, 0.1) is 6.10 Å². The predicted molar refractivity (Wildman–Crippen MR) is 92.2 cm³/mol. The standard InChI is InChI=1S/C19H19F3N2O3/c1-9-3-4-11(14(20)7-9)13-8-15(17(23)25)24-18-12(13)5-6-16(27-18)10(2)26-19(21)22/h3-4,7-8,10,16,19H,5-6H2,1-2H3,(H2,23,25)/t10-,16-/m0/s1. The lowest BCUT2D eigenvalue weighted by atomic mass is 9.92. The molecule has 1 aliphatic rings. The second-order valence-electron chi connectivity index (χ2n) is 6.48. The molecule has 144 valence electrons. The van der Waals surface area contributed by atoms with Crippen molar-refractivity contribution in [1.82, 2.24) is 4.98 Å². The number of alkyl halides is 2. The molecule has 1 aromatic heterocycles. The van der Waals surface area contributed by atoms with Gasteiger partial charge in [0.1, 0.15) is 17.6 Å². The molecule has 8 heteroatoms. The number of primary amides is 1. The van der Waals surface area contributed by atoms with Crippen LogP contribution < -0.4 is 10.5 Å². The van der Waals surface area contributed by atoms with Crippen LogP contribution in [0.4, 0.5) is 13.2 Å². The van der Waals surface area contributed by atoms with Gasteiger partial charge in [0.15, 0.2) is 0 Å². The molecule has 0 unspecified atom stereocenters. The quantitative estimate of drug-likeness (QED) is 0.860. The molecule has 3 rings (SSSR count). The Kier molecular flexibility index (Phi) is 5.36. The summed E-state index contributed by atoms with van der Waals surface area (Å²) < 4.78 is 49.7. The van der Waals surface area contributed by atoms with Gasteiger partial charge in [-0.25, -0.2) is 9.37 Å². The Morgan fingerprint density at radius 3 is 2.70 bits per heavy atom. The number of fused-ring (bicyclic) bond motifs is 1. The number of carbonyl (C=O) groups is 1. The van der Waals surface area contributed by atoms with Crippen LogP contribution in [0, 0.1) is 12.7 Å². The third-order valence-corrected chi connectivity index (χ3v) is 4.54. The minimum Gasteiger partial charge on any atom is -0.471 e. The SMILES string of the molecule is Cc1ccc(-c2cc(C(N)=O)nc3c2CC[C@@H]([C@H](C)OC(F)F)O3)c(F)c1. The molecule has 2 N–H and O–H groups in total. The zero-order chi connectivity index (χ0) is 19.7. The molecular weight excluding hydrogens is 361 g/mol. The molecule has 0 aliphatic carbocycles. The molecule has 2 atom stereocenters. The summed E-state index contributed by atoms with van der Waals surface area (Å²) in [7, 11) is 0. The van der Waals surface area contributed by atoms with E-state index < -0.39 is 30.5 Å². The predicted octanol–water partition coefficient (Wildman–Crippen LogP) is 3.62. The number of pyridine rings is 1. The molecule has 0 spiro atoms. The highest BCUT2D eigenvalue weighted by molar-refractivity contribution is 5.93. The van der Waals surface area contributed by atoms with E-state index in [0.717, 1.165) is 5.56 Å². The van der Waals surface area contributed by atoms with E-state index >= 15 is 0 Å². The first-order valence-electron chi connectivity index (χ1n) is 8.46. The van der Waals surface area contributed by atoms with Gasteiger partial charge in [0.2, 0.25) is 5.88 Å². The van der Waals surface area contributed by atoms with Crippen LogP contribution in [-0.4, -0.2) is 29.7 Å². The van der Waals surface area contributed by atoms with Crippen molar-refractivity contribution in [1.29, 1.82) is 0 Å². The number of amides is 1. The number of rotatable bonds is 5. The number of benzene rings is 1. The number of aromatic nitrogens is 1. The Morgan fingerprint density at radius 1 is 1.33 bits per heavy atom. The van der Waals surface area contributed by atoms with Crippen molar-refractivity contribution in [2.45, 2.75) is 45.5 Å². The summed E-state index contributed by atoms with van der Waals surface area (Å²) in [4.78, 5) is 15.8. The minimum absolute atomic E-state index is 0.0854. The molecule has 0 fully saturated rings. The highest BCUT2D eigenvalue weighted by Crippen LogP contribution is 2.37. The molecule has 0 bridgehead atoms. The monoisotopic (exact) mass is 380 g/mol. The van der Waals surface area contributed by atoms with Gasteiger partial charge in [-0.2, -0.15) is 8.78 Å². The summed E-state index contributed by atoms with van der Waals surface area (Å²) in [6.45, 7) is 0.314. The van der Waals surface area contributed by atoms with Crippen molar-refractivity contribution in [2.24, 2.45) is 5.73 Å². The summed E-state index contributed by atoms with van der Waals surface area (Å²) in [6.07, 6.45) is -0.750. The minimum atomic E-state index is -2.92. The number of hydrogen-bond acceptors (Lipinski definition) is 4. The third-order valence-electron chi connectivity index (χ3n) is 4.54. The van der Waals surface area contributed by atoms with Gasteiger partial charge >= 0.3 is 6.61 Å². The number of carbonyl (C=O) groups excluding carboxylic acids is 1. The van der Waals surface area contributed by atoms with Gasteiger partial charge < -0.3 is 15.2 Å². The second kappa shape index (κ2) is 7.56. The van der Waals surface area contributed by atoms with E-state index in [9.17, 15) is 18.0 Å². The maximum absolute atomic E-state index is 14.5. The van der Waals surface area contributed by atoms with E-state index in [-0.39, 0.29) is 11.6 Å². The van der Waals surface area contributed by atoms with Crippen LogP contribution in [0.2, 0.25) is 0 Å². The molecule has 0 saturated heterocycles. The second-order valence-corrected chi connectivity index (χ2v) is 6.48. The fourth-order valence-corrected chi connectivity index (χ4v) is 3.16. The van der Waals surface area contributed by atoms with Gasteiger partial charge in [-0.3, -0.25) is 4.79 Å². The lowest BCUT2D eigenvalue weighted by molar-refractivity contribution is -0.180. The molecule has 0 radical (unpaired) electrons. The van der Waals surface area contributed by atoms with Crippen LogP contribution in [0.3, 0.4) is 0 Å². The Bertz CT molecular complexity index is 874. The molecule has 1 amide bonds. The van der Waals surface area contributed by atoms with Crippen molar-refractivity contribution < 1.29 is 27.4 Å². The highest BCUT2D eigenvalue weighted by Gasteiger charge is 2.31. The van der Waals surface area contributed by atoms with E-state index in [1.54, 1.807) is 19.1 Å². The summed E-state index contributed by atoms with van der Waals surface area (Å²) in [5.41, 5.74) is 7.35. The maximum Gasteiger partial charge on any atom is 0.345 e. The number of nitrogens with two attached hydrogens (primary N) is 1. The first kappa shape index (κ1) is 19.2. The van der Waals surface area contributed by atoms with Gasteiger partial charge in [0, 0.05) is 11.1 Å². The van der Waals surface area contributed by atoms with E-state index in [1.807, 2.05) is 0 Å². The average molecular weight is 380 g/mol.